The largest absolute Gasteiger partial charge is 0.450 e. The van der Waals surface area contributed by atoms with Crippen molar-refractivity contribution in [1.82, 2.24) is 9.34 Å². The molecule has 2 aromatic rings. The molecule has 1 saturated carbocycles. The third kappa shape index (κ3) is 5.29. The van der Waals surface area contributed by atoms with Gasteiger partial charge in [0.05, 0.1) is 4.92 Å². The summed E-state index contributed by atoms with van der Waals surface area (Å²) in [6.45, 7) is 3.78. The lowest BCUT2D eigenvalue weighted by atomic mass is 9.97. The fraction of sp³-hybridized carbons (Fsp3) is 0.500. The smallest absolute Gasteiger partial charge is 0.419 e. The molecule has 0 amide bonds. The second kappa shape index (κ2) is 9.45. The molecule has 36 heavy (non-hydrogen) atoms. The van der Waals surface area contributed by atoms with Crippen LogP contribution in [0.25, 0.3) is 0 Å². The van der Waals surface area contributed by atoms with Gasteiger partial charge in [-0.15, -0.1) is 0 Å². The minimum Gasteiger partial charge on any atom is -0.450 e. The van der Waals surface area contributed by atoms with Gasteiger partial charge in [-0.3, -0.25) is 19.2 Å². The van der Waals surface area contributed by atoms with Crippen LogP contribution in [0.15, 0.2) is 42.5 Å². The Bertz CT molecular complexity index is 1170. The van der Waals surface area contributed by atoms with Crippen molar-refractivity contribution in [2.75, 3.05) is 26.2 Å². The molecule has 0 N–H and O–H groups in total. The average Bonchev–Trinajstić information content (AvgIpc) is 3.74. The monoisotopic (exact) mass is 525 g/mol. The van der Waals surface area contributed by atoms with Gasteiger partial charge in [0.25, 0.3) is 0 Å². The van der Waals surface area contributed by atoms with E-state index in [1.165, 1.54) is 9.34 Å². The van der Waals surface area contributed by atoms with Crippen molar-refractivity contribution in [3.8, 4) is 11.5 Å². The Morgan fingerprint density at radius 2 is 1.69 bits per heavy atom. The molecule has 0 radical (unpaired) electrons. The molecular weight excluding hydrogens is 498 g/mol. The normalized spacial score (nSPS) is 23.4. The molecule has 5 rings (SSSR count). The van der Waals surface area contributed by atoms with Gasteiger partial charge in [0.1, 0.15) is 5.75 Å². The van der Waals surface area contributed by atoms with E-state index >= 15 is 0 Å². The number of hydrogen-bond acceptors (Lipinski definition) is 5. The lowest BCUT2D eigenvalue weighted by molar-refractivity contribution is -0.385. The third-order valence-electron chi connectivity index (χ3n) is 6.86. The van der Waals surface area contributed by atoms with Gasteiger partial charge in [-0.1, -0.05) is 25.5 Å². The summed E-state index contributed by atoms with van der Waals surface area (Å²) < 4.78 is 69.3. The predicted molar refractivity (Wildman–Crippen MR) is 126 cm³/mol. The molecule has 3 unspecified atom stereocenters. The molecule has 3 aliphatic rings. The first-order chi connectivity index (χ1) is 17.0. The van der Waals surface area contributed by atoms with Gasteiger partial charge in [0.2, 0.25) is 5.75 Å². The number of alkyl halides is 3. The lowest BCUT2D eigenvalue weighted by Crippen LogP contribution is -2.25. The molecule has 2 aliphatic heterocycles. The maximum atomic E-state index is 14.1. The van der Waals surface area contributed by atoms with Gasteiger partial charge in [-0.25, -0.2) is 9.34 Å². The van der Waals surface area contributed by atoms with Crippen molar-refractivity contribution in [2.24, 2.45) is 5.92 Å². The van der Waals surface area contributed by atoms with E-state index in [9.17, 15) is 27.9 Å². The molecule has 1 aliphatic carbocycles. The quantitative estimate of drug-likeness (QED) is 0.157. The molecule has 194 valence electrons. The summed E-state index contributed by atoms with van der Waals surface area (Å²) in [6, 6.07) is 10.0. The van der Waals surface area contributed by atoms with Crippen molar-refractivity contribution in [3.63, 3.8) is 0 Å². The molecule has 12 heteroatoms. The summed E-state index contributed by atoms with van der Waals surface area (Å²) in [5.74, 6) is 1.03. The molecular formula is C24H27F3N3O5P. The fourth-order valence-electron chi connectivity index (χ4n) is 4.73. The highest BCUT2D eigenvalue weighted by Gasteiger charge is 2.55. The van der Waals surface area contributed by atoms with E-state index in [2.05, 4.69) is 6.92 Å². The van der Waals surface area contributed by atoms with Crippen LogP contribution in [0.4, 0.5) is 18.9 Å². The van der Waals surface area contributed by atoms with Crippen LogP contribution in [-0.4, -0.2) is 46.6 Å². The van der Waals surface area contributed by atoms with Crippen LogP contribution in [0.3, 0.4) is 0 Å². The second-order valence-electron chi connectivity index (χ2n) is 9.70. The Morgan fingerprint density at radius 3 is 2.19 bits per heavy atom. The zero-order valence-corrected chi connectivity index (χ0v) is 20.6. The van der Waals surface area contributed by atoms with Crippen molar-refractivity contribution in [1.29, 1.82) is 0 Å². The maximum absolute atomic E-state index is 14.1. The van der Waals surface area contributed by atoms with E-state index in [1.807, 2.05) is 12.1 Å². The molecule has 2 saturated heterocycles. The Labute approximate surface area is 206 Å². The first kappa shape index (κ1) is 25.2. The molecule has 0 spiro atoms. The highest BCUT2D eigenvalue weighted by atomic mass is 31.2. The first-order valence-electron chi connectivity index (χ1n) is 12.0. The summed E-state index contributed by atoms with van der Waals surface area (Å²) in [7, 11) is -3.82. The summed E-state index contributed by atoms with van der Waals surface area (Å²) >= 11 is 0. The van der Waals surface area contributed by atoms with Gasteiger partial charge in [0, 0.05) is 32.2 Å². The fourth-order valence-corrected chi connectivity index (χ4v) is 7.06. The number of ether oxygens (including phenoxy) is 1. The van der Waals surface area contributed by atoms with E-state index in [4.69, 9.17) is 9.26 Å². The highest BCUT2D eigenvalue weighted by Crippen LogP contribution is 2.64. The predicted octanol–water partition coefficient (Wildman–Crippen LogP) is 6.65. The number of nitro groups is 1. The van der Waals surface area contributed by atoms with Gasteiger partial charge in [-0.2, -0.15) is 13.2 Å². The number of nitrogens with zero attached hydrogens (tertiary/aromatic N) is 3. The molecule has 3 atom stereocenters. The Balaban J connectivity index is 1.42. The number of halogens is 3. The van der Waals surface area contributed by atoms with Crippen LogP contribution >= 0.6 is 7.67 Å². The number of nitro benzene ring substituents is 1. The zero-order valence-electron chi connectivity index (χ0n) is 19.7. The third-order valence-corrected chi connectivity index (χ3v) is 9.57. The van der Waals surface area contributed by atoms with E-state index < -0.39 is 36.1 Å². The Hall–Kier alpha value is -2.46. The summed E-state index contributed by atoms with van der Waals surface area (Å²) in [5.41, 5.74) is 0.249. The minimum atomic E-state index is -4.89. The van der Waals surface area contributed by atoms with E-state index in [1.54, 1.807) is 12.1 Å². The molecule has 3 fully saturated rings. The maximum Gasteiger partial charge on any atom is 0.419 e. The van der Waals surface area contributed by atoms with Crippen LogP contribution in [0.5, 0.6) is 11.5 Å². The molecule has 2 heterocycles. The molecule has 2 aromatic carbocycles. The van der Waals surface area contributed by atoms with E-state index in [-0.39, 0.29) is 11.5 Å². The van der Waals surface area contributed by atoms with Gasteiger partial charge < -0.3 is 4.74 Å². The minimum absolute atomic E-state index is 0.272. The van der Waals surface area contributed by atoms with Crippen LogP contribution in [0.1, 0.15) is 49.3 Å². The van der Waals surface area contributed by atoms with Crippen molar-refractivity contribution < 1.29 is 31.9 Å². The first-order valence-corrected chi connectivity index (χ1v) is 13.5. The van der Waals surface area contributed by atoms with Crippen molar-refractivity contribution in [3.05, 3.63) is 63.7 Å². The molecule has 0 bridgehead atoms. The number of rotatable bonds is 9. The highest BCUT2D eigenvalue weighted by molar-refractivity contribution is 7.54. The van der Waals surface area contributed by atoms with Crippen LogP contribution in [-0.2, 0) is 9.09 Å². The summed E-state index contributed by atoms with van der Waals surface area (Å²) in [5, 5.41) is 11.6. The topological polar surface area (TPSA) is 84.7 Å². The Morgan fingerprint density at radius 1 is 1.06 bits per heavy atom. The van der Waals surface area contributed by atoms with Crippen molar-refractivity contribution >= 4 is 13.4 Å². The van der Waals surface area contributed by atoms with Gasteiger partial charge >= 0.3 is 19.5 Å². The molecule has 8 nitrogen and oxygen atoms in total. The van der Waals surface area contributed by atoms with E-state index in [0.717, 1.165) is 43.0 Å². The summed E-state index contributed by atoms with van der Waals surface area (Å²) in [6.07, 6.45) is -4.08. The number of hydrogen-bond donors (Lipinski definition) is 0. The average molecular weight is 525 g/mol. The van der Waals surface area contributed by atoms with Crippen LogP contribution in [0.2, 0.25) is 0 Å². The molecule has 0 aromatic heterocycles. The SMILES string of the molecule is CC1CCC(c2ccc(Oc3cc(C(OP(=O)(N4CC4)N4CC4)C(F)(F)F)ccc3[N+](=O)[O-])cc2)C1. The van der Waals surface area contributed by atoms with E-state index in [0.29, 0.717) is 38.0 Å². The van der Waals surface area contributed by atoms with Crippen LogP contribution in [0, 0.1) is 16.0 Å². The van der Waals surface area contributed by atoms with Gasteiger partial charge in [0.15, 0.2) is 6.10 Å². The Kier molecular flexibility index (Phi) is 6.61. The summed E-state index contributed by atoms with van der Waals surface area (Å²) in [4.78, 5) is 10.9. The zero-order chi connectivity index (χ0) is 25.7. The van der Waals surface area contributed by atoms with Gasteiger partial charge in [-0.05, 0) is 60.1 Å². The second-order valence-corrected chi connectivity index (χ2v) is 12.0. The lowest BCUT2D eigenvalue weighted by Gasteiger charge is -2.28. The van der Waals surface area contributed by atoms with Crippen LogP contribution < -0.4 is 4.74 Å². The standard InChI is InChI=1S/C24H27F3N3O5P/c1-16-2-3-18(14-16)17-4-7-20(8-5-17)34-22-15-19(6-9-21(22)30(31)32)23(24(25,26)27)35-36(33,28-10-11-28)29-12-13-29/h4-9,15-16,18,23H,2-3,10-14H2,1H3. The number of benzene rings is 2. The van der Waals surface area contributed by atoms with Crippen molar-refractivity contribution in [2.45, 2.75) is 44.4 Å².